The van der Waals surface area contributed by atoms with Crippen LogP contribution >= 0.6 is 0 Å². The van der Waals surface area contributed by atoms with Crippen molar-refractivity contribution in [3.05, 3.63) is 128 Å². The highest BCUT2D eigenvalue weighted by Gasteiger charge is 2.18. The first kappa shape index (κ1) is 26.4. The van der Waals surface area contributed by atoms with Crippen molar-refractivity contribution in [2.24, 2.45) is 5.10 Å². The lowest BCUT2D eigenvalue weighted by molar-refractivity contribution is -0.384. The lowest BCUT2D eigenvalue weighted by Gasteiger charge is -2.10. The van der Waals surface area contributed by atoms with Crippen LogP contribution in [-0.2, 0) is 6.61 Å². The third-order valence-electron chi connectivity index (χ3n) is 6.57. The summed E-state index contributed by atoms with van der Waals surface area (Å²) < 4.78 is 32.5. The number of benzene rings is 4. The molecule has 0 spiro atoms. The summed E-state index contributed by atoms with van der Waals surface area (Å²) in [6.07, 6.45) is 1.26. The SMILES string of the molecule is COc1cccc2oc(-c3nc4ccccc4c(=O)n3N=Cc3cc([N+](=O)[O-])ccc3OCc3ccccc3F)cc12. The van der Waals surface area contributed by atoms with Gasteiger partial charge in [0.1, 0.15) is 29.5 Å². The summed E-state index contributed by atoms with van der Waals surface area (Å²) in [6, 6.07) is 23.9. The van der Waals surface area contributed by atoms with Gasteiger partial charge in [-0.3, -0.25) is 14.9 Å². The van der Waals surface area contributed by atoms with Gasteiger partial charge in [0.2, 0.25) is 5.82 Å². The fraction of sp³-hybridized carbons (Fsp3) is 0.0645. The van der Waals surface area contributed by atoms with E-state index in [0.29, 0.717) is 33.2 Å². The van der Waals surface area contributed by atoms with E-state index in [1.807, 2.05) is 0 Å². The summed E-state index contributed by atoms with van der Waals surface area (Å²) in [5, 5.41) is 16.9. The van der Waals surface area contributed by atoms with Crippen molar-refractivity contribution in [3.63, 3.8) is 0 Å². The highest BCUT2D eigenvalue weighted by atomic mass is 19.1. The van der Waals surface area contributed by atoms with E-state index in [4.69, 9.17) is 13.9 Å². The second-order valence-electron chi connectivity index (χ2n) is 9.16. The van der Waals surface area contributed by atoms with Gasteiger partial charge in [-0.05, 0) is 42.5 Å². The average molecular weight is 565 g/mol. The van der Waals surface area contributed by atoms with Crippen LogP contribution in [0.5, 0.6) is 11.5 Å². The first-order valence-corrected chi connectivity index (χ1v) is 12.7. The van der Waals surface area contributed by atoms with E-state index in [2.05, 4.69) is 10.1 Å². The number of halogens is 1. The minimum Gasteiger partial charge on any atom is -0.496 e. The van der Waals surface area contributed by atoms with E-state index in [1.54, 1.807) is 73.8 Å². The molecule has 0 aliphatic heterocycles. The Hall–Kier alpha value is -5.84. The number of nitro benzene ring substituents is 1. The quantitative estimate of drug-likeness (QED) is 0.120. The molecule has 0 aliphatic rings. The lowest BCUT2D eigenvalue weighted by atomic mass is 10.2. The number of hydrogen-bond donors (Lipinski definition) is 0. The van der Waals surface area contributed by atoms with E-state index in [-0.39, 0.29) is 35.2 Å². The number of methoxy groups -OCH3 is 1. The zero-order chi connectivity index (χ0) is 29.2. The fourth-order valence-electron chi connectivity index (χ4n) is 4.49. The summed E-state index contributed by atoms with van der Waals surface area (Å²) in [5.41, 5.74) is 0.737. The predicted molar refractivity (Wildman–Crippen MR) is 155 cm³/mol. The number of rotatable bonds is 8. The highest BCUT2D eigenvalue weighted by molar-refractivity contribution is 5.89. The maximum Gasteiger partial charge on any atom is 0.282 e. The largest absolute Gasteiger partial charge is 0.496 e. The Morgan fingerprint density at radius 2 is 1.81 bits per heavy atom. The van der Waals surface area contributed by atoms with Gasteiger partial charge in [0.25, 0.3) is 11.2 Å². The molecule has 2 heterocycles. The monoisotopic (exact) mass is 564 g/mol. The van der Waals surface area contributed by atoms with Crippen LogP contribution < -0.4 is 15.0 Å². The molecule has 0 unspecified atom stereocenters. The van der Waals surface area contributed by atoms with Crippen LogP contribution in [0.25, 0.3) is 33.5 Å². The zero-order valence-corrected chi connectivity index (χ0v) is 22.1. The third-order valence-corrected chi connectivity index (χ3v) is 6.57. The van der Waals surface area contributed by atoms with E-state index in [1.165, 1.54) is 30.5 Å². The number of nitro groups is 1. The molecule has 0 N–H and O–H groups in total. The van der Waals surface area contributed by atoms with Crippen molar-refractivity contribution in [1.82, 2.24) is 9.66 Å². The summed E-state index contributed by atoms with van der Waals surface area (Å²) in [7, 11) is 1.54. The Labute approximate surface area is 237 Å². The smallest absolute Gasteiger partial charge is 0.282 e. The summed E-state index contributed by atoms with van der Waals surface area (Å²) in [4.78, 5) is 29.3. The number of nitrogens with zero attached hydrogens (tertiary/aromatic N) is 4. The Morgan fingerprint density at radius 3 is 2.62 bits per heavy atom. The molecule has 0 radical (unpaired) electrons. The van der Waals surface area contributed by atoms with Crippen molar-refractivity contribution in [1.29, 1.82) is 0 Å². The van der Waals surface area contributed by atoms with Gasteiger partial charge < -0.3 is 13.9 Å². The normalized spacial score (nSPS) is 11.4. The maximum absolute atomic E-state index is 14.2. The van der Waals surface area contributed by atoms with E-state index < -0.39 is 16.3 Å². The van der Waals surface area contributed by atoms with Crippen LogP contribution in [0.4, 0.5) is 10.1 Å². The molecule has 42 heavy (non-hydrogen) atoms. The predicted octanol–water partition coefficient (Wildman–Crippen LogP) is 6.33. The van der Waals surface area contributed by atoms with E-state index >= 15 is 0 Å². The molecule has 0 fully saturated rings. The molecule has 11 heteroatoms. The van der Waals surface area contributed by atoms with Gasteiger partial charge in [-0.1, -0.05) is 36.4 Å². The zero-order valence-electron chi connectivity index (χ0n) is 22.1. The van der Waals surface area contributed by atoms with Crippen molar-refractivity contribution < 1.29 is 23.2 Å². The molecule has 0 aliphatic carbocycles. The Bertz CT molecular complexity index is 2070. The van der Waals surface area contributed by atoms with Crippen molar-refractivity contribution >= 4 is 33.8 Å². The van der Waals surface area contributed by atoms with Crippen molar-refractivity contribution in [3.8, 4) is 23.1 Å². The molecule has 0 amide bonds. The first-order chi connectivity index (χ1) is 20.4. The van der Waals surface area contributed by atoms with E-state index in [9.17, 15) is 19.3 Å². The maximum atomic E-state index is 14.2. The number of para-hydroxylation sites is 1. The topological polar surface area (TPSA) is 122 Å². The van der Waals surface area contributed by atoms with Gasteiger partial charge in [0, 0.05) is 23.3 Å². The number of non-ortho nitro benzene ring substituents is 1. The van der Waals surface area contributed by atoms with Crippen LogP contribution in [0.3, 0.4) is 0 Å². The average Bonchev–Trinajstić information content (AvgIpc) is 3.45. The molecular formula is C31H21FN4O6. The van der Waals surface area contributed by atoms with Crippen LogP contribution in [0.2, 0.25) is 0 Å². The summed E-state index contributed by atoms with van der Waals surface area (Å²) in [5.74, 6) is 0.686. The fourth-order valence-corrected chi connectivity index (χ4v) is 4.49. The number of furan rings is 1. The van der Waals surface area contributed by atoms with Crippen LogP contribution in [-0.4, -0.2) is 27.9 Å². The molecule has 10 nitrogen and oxygen atoms in total. The molecule has 0 saturated heterocycles. The van der Waals surface area contributed by atoms with Crippen molar-refractivity contribution in [2.75, 3.05) is 7.11 Å². The molecule has 0 bridgehead atoms. The van der Waals surface area contributed by atoms with Gasteiger partial charge in [0.05, 0.1) is 34.5 Å². The minimum absolute atomic E-state index is 0.104. The van der Waals surface area contributed by atoms with Gasteiger partial charge >= 0.3 is 0 Å². The third kappa shape index (κ3) is 4.94. The molecular weight excluding hydrogens is 543 g/mol. The lowest BCUT2D eigenvalue weighted by Crippen LogP contribution is -2.20. The molecule has 6 rings (SSSR count). The van der Waals surface area contributed by atoms with Gasteiger partial charge in [0.15, 0.2) is 5.76 Å². The molecule has 208 valence electrons. The summed E-state index contributed by atoms with van der Waals surface area (Å²) >= 11 is 0. The molecule has 4 aromatic carbocycles. The molecule has 6 aromatic rings. The number of ether oxygens (including phenoxy) is 2. The Balaban J connectivity index is 1.48. The van der Waals surface area contributed by atoms with Crippen molar-refractivity contribution in [2.45, 2.75) is 6.61 Å². The Kier molecular flexibility index (Phi) is 6.89. The second-order valence-corrected chi connectivity index (χ2v) is 9.16. The molecule has 0 atom stereocenters. The second kappa shape index (κ2) is 11.0. The van der Waals surface area contributed by atoms with Gasteiger partial charge in [-0.2, -0.15) is 9.78 Å². The van der Waals surface area contributed by atoms with E-state index in [0.717, 1.165) is 4.68 Å². The highest BCUT2D eigenvalue weighted by Crippen LogP contribution is 2.33. The standard InChI is InChI=1S/C31H21FN4O6/c1-40-27-11-6-12-28-23(27)16-29(42-28)30-34-25-10-5-3-8-22(25)31(37)35(30)33-17-20-15-21(36(38)39)13-14-26(20)41-18-19-7-2-4-9-24(19)32/h2-17H,18H2,1H3. The minimum atomic E-state index is -0.561. The Morgan fingerprint density at radius 1 is 1.00 bits per heavy atom. The van der Waals surface area contributed by atoms with Crippen LogP contribution in [0.15, 0.2) is 105 Å². The number of fused-ring (bicyclic) bond motifs is 2. The van der Waals surface area contributed by atoms with Gasteiger partial charge in [-0.15, -0.1) is 0 Å². The van der Waals surface area contributed by atoms with Crippen LogP contribution in [0.1, 0.15) is 11.1 Å². The molecule has 2 aromatic heterocycles. The first-order valence-electron chi connectivity index (χ1n) is 12.7. The van der Waals surface area contributed by atoms with Gasteiger partial charge in [-0.25, -0.2) is 9.37 Å². The number of aromatic nitrogens is 2. The van der Waals surface area contributed by atoms with Crippen LogP contribution in [0, 0.1) is 15.9 Å². The number of hydrogen-bond acceptors (Lipinski definition) is 8. The summed E-state index contributed by atoms with van der Waals surface area (Å²) in [6.45, 7) is -0.130. The molecule has 0 saturated carbocycles.